The van der Waals surface area contributed by atoms with E-state index in [1.54, 1.807) is 6.92 Å². The van der Waals surface area contributed by atoms with E-state index in [-0.39, 0.29) is 42.8 Å². The number of allylic oxidation sites excluding steroid dienone is 1. The van der Waals surface area contributed by atoms with Gasteiger partial charge in [-0.3, -0.25) is 9.59 Å². The van der Waals surface area contributed by atoms with Crippen molar-refractivity contribution in [3.63, 3.8) is 0 Å². The van der Waals surface area contributed by atoms with E-state index in [0.29, 0.717) is 18.4 Å². The number of rotatable bonds is 2. The van der Waals surface area contributed by atoms with Gasteiger partial charge in [-0.15, -0.1) is 0 Å². The second-order valence-corrected chi connectivity index (χ2v) is 9.77. The topological polar surface area (TPSA) is 115 Å². The molecule has 0 radical (unpaired) electrons. The number of carbonyl (C=O) groups is 2. The van der Waals surface area contributed by atoms with E-state index >= 15 is 4.39 Å². The summed E-state index contributed by atoms with van der Waals surface area (Å²) in [6, 6.07) is 0. The number of fused-ring (bicyclic) bond motifs is 5. The molecule has 156 valence electrons. The van der Waals surface area contributed by atoms with Crippen LogP contribution in [0.2, 0.25) is 0 Å². The van der Waals surface area contributed by atoms with Crippen LogP contribution in [0, 0.1) is 28.6 Å². The number of ketones is 2. The summed E-state index contributed by atoms with van der Waals surface area (Å²) in [5, 5.41) is 42.3. The van der Waals surface area contributed by atoms with Crippen LogP contribution in [0.4, 0.5) is 4.39 Å². The molecular formula is C21H29FO6. The molecule has 7 heteroatoms. The maximum absolute atomic E-state index is 15.2. The number of hydrogen-bond acceptors (Lipinski definition) is 6. The Bertz CT molecular complexity index is 751. The van der Waals surface area contributed by atoms with Gasteiger partial charge in [0, 0.05) is 11.8 Å². The SMILES string of the molecule is C[C@]12CCC(=O)C=C1C(F)C[C@@H]1[C@@H]2C(O)C[C@@]2(C)[C@H]1CC(O)[C@]2(O)C(=O)CO. The molecule has 0 heterocycles. The molecule has 0 spiro atoms. The van der Waals surface area contributed by atoms with Crippen molar-refractivity contribution in [2.45, 2.75) is 69.9 Å². The zero-order valence-electron chi connectivity index (χ0n) is 16.3. The van der Waals surface area contributed by atoms with Gasteiger partial charge in [0.1, 0.15) is 12.8 Å². The van der Waals surface area contributed by atoms with E-state index < -0.39 is 47.2 Å². The number of aliphatic hydroxyl groups excluding tert-OH is 3. The fourth-order valence-electron chi connectivity index (χ4n) is 7.33. The van der Waals surface area contributed by atoms with Gasteiger partial charge < -0.3 is 20.4 Å². The highest BCUT2D eigenvalue weighted by Gasteiger charge is 2.72. The van der Waals surface area contributed by atoms with Gasteiger partial charge in [0.25, 0.3) is 0 Å². The minimum absolute atomic E-state index is 0.0753. The molecule has 0 aromatic heterocycles. The number of aliphatic hydroxyl groups is 4. The predicted molar refractivity (Wildman–Crippen MR) is 96.8 cm³/mol. The van der Waals surface area contributed by atoms with E-state index in [4.69, 9.17) is 0 Å². The fraction of sp³-hybridized carbons (Fsp3) is 0.810. The van der Waals surface area contributed by atoms with Crippen LogP contribution in [-0.4, -0.2) is 62.6 Å². The molecule has 6 nitrogen and oxygen atoms in total. The average molecular weight is 396 g/mol. The lowest BCUT2D eigenvalue weighted by Gasteiger charge is -2.60. The Balaban J connectivity index is 1.80. The van der Waals surface area contributed by atoms with Crippen molar-refractivity contribution < 1.29 is 34.4 Å². The summed E-state index contributed by atoms with van der Waals surface area (Å²) < 4.78 is 15.2. The summed E-state index contributed by atoms with van der Waals surface area (Å²) >= 11 is 0. The van der Waals surface area contributed by atoms with Crippen molar-refractivity contribution in [2.24, 2.45) is 28.6 Å². The number of carbonyl (C=O) groups excluding carboxylic acids is 2. The molecule has 0 bridgehead atoms. The molecule has 4 aliphatic rings. The normalized spacial score (nSPS) is 53.1. The highest BCUT2D eigenvalue weighted by Crippen LogP contribution is 2.67. The van der Waals surface area contributed by atoms with E-state index in [1.807, 2.05) is 6.92 Å². The largest absolute Gasteiger partial charge is 0.393 e. The zero-order valence-corrected chi connectivity index (χ0v) is 16.3. The van der Waals surface area contributed by atoms with Crippen molar-refractivity contribution in [1.82, 2.24) is 0 Å². The van der Waals surface area contributed by atoms with E-state index in [2.05, 4.69) is 0 Å². The first kappa shape index (κ1) is 20.1. The van der Waals surface area contributed by atoms with E-state index in [0.717, 1.165) is 0 Å². The third kappa shape index (κ3) is 2.27. The Morgan fingerprint density at radius 3 is 2.61 bits per heavy atom. The smallest absolute Gasteiger partial charge is 0.192 e. The average Bonchev–Trinajstić information content (AvgIpc) is 2.83. The molecule has 0 aliphatic heterocycles. The van der Waals surface area contributed by atoms with Gasteiger partial charge in [-0.2, -0.15) is 0 Å². The highest BCUT2D eigenvalue weighted by atomic mass is 19.1. The van der Waals surface area contributed by atoms with Crippen molar-refractivity contribution in [3.8, 4) is 0 Å². The molecule has 4 aliphatic carbocycles. The molecule has 3 saturated carbocycles. The minimum Gasteiger partial charge on any atom is -0.393 e. The molecular weight excluding hydrogens is 367 g/mol. The second-order valence-electron chi connectivity index (χ2n) is 9.77. The predicted octanol–water partition coefficient (Wildman–Crippen LogP) is 0.700. The molecule has 3 unspecified atom stereocenters. The quantitative estimate of drug-likeness (QED) is 0.546. The van der Waals surface area contributed by atoms with Gasteiger partial charge in [-0.25, -0.2) is 4.39 Å². The van der Waals surface area contributed by atoms with Gasteiger partial charge in [-0.05, 0) is 60.5 Å². The van der Waals surface area contributed by atoms with Crippen molar-refractivity contribution in [1.29, 1.82) is 0 Å². The van der Waals surface area contributed by atoms with Gasteiger partial charge in [-0.1, -0.05) is 13.8 Å². The maximum Gasteiger partial charge on any atom is 0.192 e. The summed E-state index contributed by atoms with van der Waals surface area (Å²) in [4.78, 5) is 24.3. The lowest BCUT2D eigenvalue weighted by molar-refractivity contribution is -0.195. The summed E-state index contributed by atoms with van der Waals surface area (Å²) in [6.07, 6.45) is -1.16. The molecule has 0 aromatic rings. The number of Topliss-reactive ketones (excluding diaryl/α,β-unsaturated/α-hetero) is 1. The second kappa shape index (κ2) is 6.17. The molecule has 0 amide bonds. The fourth-order valence-corrected chi connectivity index (χ4v) is 7.33. The minimum atomic E-state index is -2.16. The third-order valence-corrected chi connectivity index (χ3v) is 8.66. The number of halogens is 1. The van der Waals surface area contributed by atoms with Crippen molar-refractivity contribution >= 4 is 11.6 Å². The van der Waals surface area contributed by atoms with Gasteiger partial charge in [0.05, 0.1) is 12.2 Å². The summed E-state index contributed by atoms with van der Waals surface area (Å²) in [7, 11) is 0. The Morgan fingerprint density at radius 1 is 1.29 bits per heavy atom. The van der Waals surface area contributed by atoms with E-state index in [9.17, 15) is 30.0 Å². The van der Waals surface area contributed by atoms with Crippen LogP contribution in [0.5, 0.6) is 0 Å². The molecule has 3 fully saturated rings. The zero-order chi connectivity index (χ0) is 20.6. The number of hydrogen-bond donors (Lipinski definition) is 4. The van der Waals surface area contributed by atoms with Gasteiger partial charge >= 0.3 is 0 Å². The van der Waals surface area contributed by atoms with Gasteiger partial charge in [0.2, 0.25) is 0 Å². The van der Waals surface area contributed by atoms with Crippen LogP contribution < -0.4 is 0 Å². The van der Waals surface area contributed by atoms with Crippen LogP contribution in [0.15, 0.2) is 11.6 Å². The van der Waals surface area contributed by atoms with Crippen LogP contribution >= 0.6 is 0 Å². The Hall–Kier alpha value is -1.15. The number of alkyl halides is 1. The van der Waals surface area contributed by atoms with Crippen LogP contribution in [0.25, 0.3) is 0 Å². The van der Waals surface area contributed by atoms with Crippen molar-refractivity contribution in [3.05, 3.63) is 11.6 Å². The molecule has 4 N–H and O–H groups in total. The highest BCUT2D eigenvalue weighted by molar-refractivity contribution is 5.92. The monoisotopic (exact) mass is 396 g/mol. The Morgan fingerprint density at radius 2 is 1.96 bits per heavy atom. The summed E-state index contributed by atoms with van der Waals surface area (Å²) in [6.45, 7) is 2.65. The molecule has 28 heavy (non-hydrogen) atoms. The first-order valence-electron chi connectivity index (χ1n) is 10.1. The Labute approximate surface area is 163 Å². The van der Waals surface area contributed by atoms with Crippen LogP contribution in [-0.2, 0) is 9.59 Å². The lowest BCUT2D eigenvalue weighted by Crippen LogP contribution is -2.64. The maximum atomic E-state index is 15.2. The molecule has 4 rings (SSSR count). The Kier molecular flexibility index (Phi) is 4.44. The van der Waals surface area contributed by atoms with Crippen molar-refractivity contribution in [2.75, 3.05) is 6.61 Å². The molecule has 9 atom stereocenters. The first-order valence-corrected chi connectivity index (χ1v) is 10.1. The first-order chi connectivity index (χ1) is 13.0. The summed E-state index contributed by atoms with van der Waals surface area (Å²) in [5.41, 5.74) is -3.53. The summed E-state index contributed by atoms with van der Waals surface area (Å²) in [5.74, 6) is -1.98. The van der Waals surface area contributed by atoms with Gasteiger partial charge in [0.15, 0.2) is 17.2 Å². The van der Waals surface area contributed by atoms with E-state index in [1.165, 1.54) is 6.08 Å². The molecule has 0 aromatic carbocycles. The standard InChI is InChI=1S/C21H29FO6/c1-19-4-3-10(24)5-13(19)14(22)6-11-12-7-16(26)21(28,17(27)9-23)20(12,2)8-15(25)18(11)19/h5,11-12,14-16,18,23,25-26,28H,3-4,6-9H2,1-2H3/t11-,12-,14?,15?,16?,18+,19-,20-,21-/m0/s1. The lowest BCUT2D eigenvalue weighted by atomic mass is 9.45. The molecule has 0 saturated heterocycles. The van der Waals surface area contributed by atoms with Crippen LogP contribution in [0.3, 0.4) is 0 Å². The third-order valence-electron chi connectivity index (χ3n) is 8.66. The van der Waals surface area contributed by atoms with Crippen LogP contribution in [0.1, 0.15) is 46.0 Å².